The number of carbonyl (C=O) groups excluding carboxylic acids is 1. The monoisotopic (exact) mass is 496 g/mol. The van der Waals surface area contributed by atoms with Crippen molar-refractivity contribution in [1.82, 2.24) is 24.7 Å². The zero-order valence-corrected chi connectivity index (χ0v) is 20.2. The molecule has 35 heavy (non-hydrogen) atoms. The molecular formula is C23H24N6O5S. The third-order valence-corrected chi connectivity index (χ3v) is 6.08. The molecule has 0 saturated carbocycles. The number of amides is 1. The van der Waals surface area contributed by atoms with E-state index in [9.17, 15) is 13.2 Å². The molecule has 0 unspecified atom stereocenters. The maximum absolute atomic E-state index is 13.0. The van der Waals surface area contributed by atoms with Gasteiger partial charge in [0.2, 0.25) is 5.88 Å². The molecule has 1 amide bonds. The molecule has 0 saturated heterocycles. The van der Waals surface area contributed by atoms with Crippen molar-refractivity contribution in [2.45, 2.75) is 19.4 Å². The Balaban J connectivity index is 1.66. The molecule has 0 radical (unpaired) electrons. The third-order valence-electron chi connectivity index (χ3n) is 5.10. The van der Waals surface area contributed by atoms with E-state index in [1.807, 2.05) is 25.1 Å². The molecule has 0 spiro atoms. The lowest BCUT2D eigenvalue weighted by Gasteiger charge is -2.18. The summed E-state index contributed by atoms with van der Waals surface area (Å²) in [5.41, 5.74) is 2.02. The highest BCUT2D eigenvalue weighted by atomic mass is 32.2. The number of nitrogens with one attached hydrogen (secondary N) is 1. The van der Waals surface area contributed by atoms with Gasteiger partial charge in [-0.1, -0.05) is 18.2 Å². The largest absolute Gasteiger partial charge is 0.494 e. The Morgan fingerprint density at radius 2 is 1.91 bits per heavy atom. The second-order valence-electron chi connectivity index (χ2n) is 7.88. The van der Waals surface area contributed by atoms with E-state index in [1.54, 1.807) is 36.2 Å². The van der Waals surface area contributed by atoms with Gasteiger partial charge in [0.25, 0.3) is 5.91 Å². The van der Waals surface area contributed by atoms with Crippen molar-refractivity contribution in [2.24, 2.45) is 0 Å². The van der Waals surface area contributed by atoms with Crippen LogP contribution in [0.3, 0.4) is 0 Å². The number of rotatable bonds is 9. The fraction of sp³-hybridized carbons (Fsp3) is 0.261. The summed E-state index contributed by atoms with van der Waals surface area (Å²) in [6.07, 6.45) is 4.29. The number of anilines is 1. The van der Waals surface area contributed by atoms with Crippen LogP contribution in [0, 0.1) is 6.92 Å². The number of para-hydroxylation sites is 2. The summed E-state index contributed by atoms with van der Waals surface area (Å²) in [6.45, 7) is 1.88. The Kier molecular flexibility index (Phi) is 6.92. The van der Waals surface area contributed by atoms with Gasteiger partial charge in [0.05, 0.1) is 19.1 Å². The van der Waals surface area contributed by atoms with Crippen molar-refractivity contribution < 1.29 is 22.7 Å². The Bertz CT molecular complexity index is 1450. The first-order valence-corrected chi connectivity index (χ1v) is 12.7. The Hall–Kier alpha value is -4.06. The number of aromatic nitrogens is 5. The number of pyridine rings is 1. The Labute approximate surface area is 202 Å². The molecule has 0 aliphatic carbocycles. The van der Waals surface area contributed by atoms with E-state index in [0.29, 0.717) is 28.3 Å². The summed E-state index contributed by atoms with van der Waals surface area (Å²) in [4.78, 5) is 25.7. The molecule has 3 aromatic heterocycles. The van der Waals surface area contributed by atoms with E-state index in [-0.39, 0.29) is 18.1 Å². The molecule has 12 heteroatoms. The molecule has 4 rings (SSSR count). The molecular weight excluding hydrogens is 472 g/mol. The number of fused-ring (bicyclic) bond motifs is 1. The number of hydrogen-bond donors (Lipinski definition) is 1. The molecule has 3 heterocycles. The summed E-state index contributed by atoms with van der Waals surface area (Å²) in [7, 11) is -1.79. The number of aryl methyl sites for hydroxylation is 1. The van der Waals surface area contributed by atoms with Crippen LogP contribution in [0.1, 0.15) is 12.0 Å². The summed E-state index contributed by atoms with van der Waals surface area (Å²) in [5, 5.41) is 7.51. The summed E-state index contributed by atoms with van der Waals surface area (Å²) in [6, 6.07) is 10.8. The van der Waals surface area contributed by atoms with Crippen LogP contribution in [0.5, 0.6) is 11.6 Å². The number of hydrogen-bond acceptors (Lipinski definition) is 9. The van der Waals surface area contributed by atoms with Gasteiger partial charge < -0.3 is 14.8 Å². The number of carbonyl (C=O) groups is 1. The van der Waals surface area contributed by atoms with Gasteiger partial charge >= 0.3 is 0 Å². The lowest BCUT2D eigenvalue weighted by atomic mass is 10.2. The van der Waals surface area contributed by atoms with Crippen molar-refractivity contribution in [2.75, 3.05) is 24.4 Å². The van der Waals surface area contributed by atoms with E-state index in [4.69, 9.17) is 9.47 Å². The van der Waals surface area contributed by atoms with E-state index in [0.717, 1.165) is 11.8 Å². The number of methoxy groups -OCH3 is 1. The van der Waals surface area contributed by atoms with Gasteiger partial charge in [0.1, 0.15) is 38.8 Å². The molecule has 182 valence electrons. The average Bonchev–Trinajstić information content (AvgIpc) is 3.27. The van der Waals surface area contributed by atoms with Gasteiger partial charge in [-0.25, -0.2) is 28.1 Å². The van der Waals surface area contributed by atoms with Crippen LogP contribution in [0.15, 0.2) is 55.1 Å². The quantitative estimate of drug-likeness (QED) is 0.370. The highest BCUT2D eigenvalue weighted by molar-refractivity contribution is 7.90. The molecule has 1 aromatic carbocycles. The highest BCUT2D eigenvalue weighted by Gasteiger charge is 2.25. The zero-order valence-electron chi connectivity index (χ0n) is 19.4. The Morgan fingerprint density at radius 3 is 2.63 bits per heavy atom. The molecule has 4 aromatic rings. The van der Waals surface area contributed by atoms with Gasteiger partial charge in [-0.2, -0.15) is 5.10 Å². The number of nitrogens with zero attached hydrogens (tertiary/aromatic N) is 5. The van der Waals surface area contributed by atoms with E-state index < -0.39 is 21.8 Å². The Morgan fingerprint density at radius 1 is 1.11 bits per heavy atom. The van der Waals surface area contributed by atoms with Crippen molar-refractivity contribution >= 4 is 32.6 Å². The second kappa shape index (κ2) is 10.1. The molecule has 0 fully saturated rings. The van der Waals surface area contributed by atoms with Crippen molar-refractivity contribution in [1.29, 1.82) is 0 Å². The topological polar surface area (TPSA) is 138 Å². The molecule has 0 aliphatic rings. The average molecular weight is 497 g/mol. The zero-order chi connectivity index (χ0) is 25.0. The second-order valence-corrected chi connectivity index (χ2v) is 10.1. The van der Waals surface area contributed by atoms with Crippen LogP contribution < -0.4 is 14.8 Å². The standard InChI is InChI=1S/C23H24N6O5S/c1-15-8-9-20(24-12-15)28-22(30)19(10-11-35(3,31)32)34-23-16-13-27-29(21(16)25-14-26-23)17-6-4-5-7-18(17)33-2/h4-9,12-14,19H,10-11H2,1-3H3,(H,24,28,30)/t19-/m1/s1. The van der Waals surface area contributed by atoms with E-state index in [2.05, 4.69) is 25.4 Å². The van der Waals surface area contributed by atoms with Gasteiger partial charge in [-0.05, 0) is 30.7 Å². The van der Waals surface area contributed by atoms with Crippen molar-refractivity contribution in [3.8, 4) is 17.3 Å². The predicted octanol–water partition coefficient (Wildman–Crippen LogP) is 2.35. The van der Waals surface area contributed by atoms with Crippen molar-refractivity contribution in [3.05, 3.63) is 60.7 Å². The number of ether oxygens (including phenoxy) is 2. The third kappa shape index (κ3) is 5.72. The van der Waals surface area contributed by atoms with Crippen LogP contribution in [0.4, 0.5) is 5.82 Å². The first-order chi connectivity index (χ1) is 16.7. The van der Waals surface area contributed by atoms with Gasteiger partial charge in [-0.3, -0.25) is 4.79 Å². The molecule has 0 aliphatic heterocycles. The first kappa shape index (κ1) is 24.1. The minimum absolute atomic E-state index is 0.0807. The van der Waals surface area contributed by atoms with Crippen LogP contribution in [-0.2, 0) is 14.6 Å². The maximum Gasteiger partial charge on any atom is 0.266 e. The lowest BCUT2D eigenvalue weighted by Crippen LogP contribution is -2.35. The fourth-order valence-corrected chi connectivity index (χ4v) is 3.99. The van der Waals surface area contributed by atoms with E-state index in [1.165, 1.54) is 12.5 Å². The molecule has 0 bridgehead atoms. The van der Waals surface area contributed by atoms with Crippen LogP contribution in [-0.4, -0.2) is 64.3 Å². The summed E-state index contributed by atoms with van der Waals surface area (Å²) < 4.78 is 36.5. The predicted molar refractivity (Wildman–Crippen MR) is 130 cm³/mol. The molecule has 11 nitrogen and oxygen atoms in total. The lowest BCUT2D eigenvalue weighted by molar-refractivity contribution is -0.122. The summed E-state index contributed by atoms with van der Waals surface area (Å²) >= 11 is 0. The molecule has 1 atom stereocenters. The number of sulfone groups is 1. The van der Waals surface area contributed by atoms with Crippen LogP contribution in [0.2, 0.25) is 0 Å². The maximum atomic E-state index is 13.0. The van der Waals surface area contributed by atoms with Crippen molar-refractivity contribution in [3.63, 3.8) is 0 Å². The van der Waals surface area contributed by atoms with Crippen LogP contribution >= 0.6 is 0 Å². The first-order valence-electron chi connectivity index (χ1n) is 10.6. The smallest absolute Gasteiger partial charge is 0.266 e. The molecule has 1 N–H and O–H groups in total. The fourth-order valence-electron chi connectivity index (χ4n) is 3.35. The minimum Gasteiger partial charge on any atom is -0.494 e. The van der Waals surface area contributed by atoms with Gasteiger partial charge in [-0.15, -0.1) is 0 Å². The van der Waals surface area contributed by atoms with Gasteiger partial charge in [0, 0.05) is 18.9 Å². The minimum atomic E-state index is -3.34. The normalized spacial score (nSPS) is 12.3. The van der Waals surface area contributed by atoms with E-state index >= 15 is 0 Å². The van der Waals surface area contributed by atoms with Crippen LogP contribution in [0.25, 0.3) is 16.7 Å². The number of benzene rings is 1. The highest BCUT2D eigenvalue weighted by Crippen LogP contribution is 2.28. The van der Waals surface area contributed by atoms with Gasteiger partial charge in [0.15, 0.2) is 11.8 Å². The summed E-state index contributed by atoms with van der Waals surface area (Å²) in [5.74, 6) is 0.219. The SMILES string of the molecule is COc1ccccc1-n1ncc2c(O[C@H](CCS(C)(=O)=O)C(=O)Nc3ccc(C)cn3)ncnc21.